The lowest BCUT2D eigenvalue weighted by Gasteiger charge is -2.36. The second kappa shape index (κ2) is 6.65. The van der Waals surface area contributed by atoms with E-state index in [9.17, 15) is 14.4 Å². The average molecular weight is 271 g/mol. The molecule has 0 aromatic heterocycles. The third-order valence-corrected chi connectivity index (χ3v) is 3.22. The maximum atomic E-state index is 12.3. The number of hydrogen-bond acceptors (Lipinski definition) is 6. The number of Topliss-reactive ketones (excluding diaryl/α,β-unsaturated/α-hetero) is 1. The van der Waals surface area contributed by atoms with Gasteiger partial charge in [-0.1, -0.05) is 0 Å². The van der Waals surface area contributed by atoms with Gasteiger partial charge in [-0.15, -0.1) is 0 Å². The molecule has 1 rings (SSSR count). The molecule has 0 aromatic carbocycles. The van der Waals surface area contributed by atoms with Gasteiger partial charge in [0.05, 0.1) is 13.2 Å². The molecule has 19 heavy (non-hydrogen) atoms. The van der Waals surface area contributed by atoms with E-state index in [1.807, 2.05) is 0 Å². The fourth-order valence-electron chi connectivity index (χ4n) is 2.40. The fourth-order valence-corrected chi connectivity index (χ4v) is 2.40. The van der Waals surface area contributed by atoms with Crippen LogP contribution >= 0.6 is 0 Å². The topological polar surface area (TPSA) is 81.7 Å². The number of carbonyl (C=O) groups excluding carboxylic acids is 3. The zero-order valence-corrected chi connectivity index (χ0v) is 11.8. The zero-order chi connectivity index (χ0) is 14.6. The molecular formula is C13H21NO5. The molecule has 1 aliphatic rings. The van der Waals surface area contributed by atoms with Gasteiger partial charge < -0.3 is 14.8 Å². The molecule has 0 aromatic rings. The Morgan fingerprint density at radius 1 is 1.00 bits per heavy atom. The number of nitrogens with one attached hydrogen (secondary N) is 1. The van der Waals surface area contributed by atoms with Crippen LogP contribution in [0.3, 0.4) is 0 Å². The molecule has 0 aliphatic carbocycles. The maximum absolute atomic E-state index is 12.3. The molecule has 1 N–H and O–H groups in total. The van der Waals surface area contributed by atoms with Gasteiger partial charge in [0.2, 0.25) is 0 Å². The monoisotopic (exact) mass is 271 g/mol. The average Bonchev–Trinajstić information content (AvgIpc) is 2.28. The second-order valence-electron chi connectivity index (χ2n) is 4.61. The minimum Gasteiger partial charge on any atom is -0.465 e. The molecule has 0 radical (unpaired) electrons. The van der Waals surface area contributed by atoms with E-state index in [0.717, 1.165) is 0 Å². The number of ketones is 1. The van der Waals surface area contributed by atoms with E-state index in [4.69, 9.17) is 9.47 Å². The summed E-state index contributed by atoms with van der Waals surface area (Å²) in [5, 5.41) is 3.07. The summed E-state index contributed by atoms with van der Waals surface area (Å²) >= 11 is 0. The first-order valence-corrected chi connectivity index (χ1v) is 6.57. The van der Waals surface area contributed by atoms with E-state index >= 15 is 0 Å². The van der Waals surface area contributed by atoms with Gasteiger partial charge in [-0.25, -0.2) is 0 Å². The summed E-state index contributed by atoms with van der Waals surface area (Å²) in [6, 6.07) is -0.709. The molecule has 4 atom stereocenters. The molecule has 0 spiro atoms. The Kier molecular flexibility index (Phi) is 5.47. The highest BCUT2D eigenvalue weighted by atomic mass is 16.5. The first-order chi connectivity index (χ1) is 8.93. The molecule has 0 bridgehead atoms. The Morgan fingerprint density at radius 3 is 1.68 bits per heavy atom. The van der Waals surface area contributed by atoms with Crippen LogP contribution in [0.1, 0.15) is 27.7 Å². The third kappa shape index (κ3) is 3.32. The summed E-state index contributed by atoms with van der Waals surface area (Å²) in [5.74, 6) is -3.51. The first-order valence-electron chi connectivity index (χ1n) is 6.57. The maximum Gasteiger partial charge on any atom is 0.318 e. The molecule has 1 heterocycles. The normalized spacial score (nSPS) is 30.8. The van der Waals surface area contributed by atoms with Crippen LogP contribution in [0.5, 0.6) is 0 Å². The Labute approximate surface area is 112 Å². The van der Waals surface area contributed by atoms with E-state index < -0.39 is 29.6 Å². The summed E-state index contributed by atoms with van der Waals surface area (Å²) in [6.07, 6.45) is 0. The van der Waals surface area contributed by atoms with Gasteiger partial charge in [0, 0.05) is 12.1 Å². The van der Waals surface area contributed by atoms with Crippen LogP contribution < -0.4 is 5.32 Å². The Hall–Kier alpha value is -1.43. The van der Waals surface area contributed by atoms with Crippen molar-refractivity contribution in [2.45, 2.75) is 39.8 Å². The van der Waals surface area contributed by atoms with Crippen molar-refractivity contribution in [1.82, 2.24) is 5.32 Å². The number of esters is 2. The summed E-state index contributed by atoms with van der Waals surface area (Å²) in [7, 11) is 0. The van der Waals surface area contributed by atoms with Crippen molar-refractivity contribution >= 4 is 17.7 Å². The Bertz CT molecular complexity index is 336. The molecule has 6 nitrogen and oxygen atoms in total. The second-order valence-corrected chi connectivity index (χ2v) is 4.61. The number of carbonyl (C=O) groups is 3. The van der Waals surface area contributed by atoms with Gasteiger partial charge in [0.1, 0.15) is 11.8 Å². The van der Waals surface area contributed by atoms with E-state index in [1.165, 1.54) is 0 Å². The smallest absolute Gasteiger partial charge is 0.318 e. The number of rotatable bonds is 4. The lowest BCUT2D eigenvalue weighted by molar-refractivity contribution is -0.161. The first kappa shape index (κ1) is 15.6. The molecule has 0 unspecified atom stereocenters. The van der Waals surface area contributed by atoms with E-state index in [-0.39, 0.29) is 25.3 Å². The Morgan fingerprint density at radius 2 is 1.37 bits per heavy atom. The third-order valence-electron chi connectivity index (χ3n) is 3.22. The number of hydrogen-bond donors (Lipinski definition) is 1. The van der Waals surface area contributed by atoms with E-state index in [0.29, 0.717) is 0 Å². The van der Waals surface area contributed by atoms with Crippen LogP contribution in [0, 0.1) is 11.8 Å². The van der Waals surface area contributed by atoms with Crippen molar-refractivity contribution in [2.75, 3.05) is 13.2 Å². The van der Waals surface area contributed by atoms with Crippen LogP contribution in [0.25, 0.3) is 0 Å². The largest absolute Gasteiger partial charge is 0.465 e. The van der Waals surface area contributed by atoms with Crippen LogP contribution in [0.2, 0.25) is 0 Å². The van der Waals surface area contributed by atoms with Crippen LogP contribution in [-0.4, -0.2) is 43.0 Å². The summed E-state index contributed by atoms with van der Waals surface area (Å²) < 4.78 is 9.79. The van der Waals surface area contributed by atoms with E-state index in [2.05, 4.69) is 5.32 Å². The quantitative estimate of drug-likeness (QED) is 0.585. The fraction of sp³-hybridized carbons (Fsp3) is 0.769. The molecule has 108 valence electrons. The van der Waals surface area contributed by atoms with Gasteiger partial charge in [-0.05, 0) is 27.7 Å². The summed E-state index contributed by atoms with van der Waals surface area (Å²) in [4.78, 5) is 36.0. The zero-order valence-electron chi connectivity index (χ0n) is 11.8. The highest BCUT2D eigenvalue weighted by Gasteiger charge is 2.48. The molecule has 0 saturated carbocycles. The number of piperidine rings is 1. The lowest BCUT2D eigenvalue weighted by atomic mass is 9.79. The van der Waals surface area contributed by atoms with Crippen molar-refractivity contribution in [3.63, 3.8) is 0 Å². The predicted molar refractivity (Wildman–Crippen MR) is 67.3 cm³/mol. The lowest BCUT2D eigenvalue weighted by Crippen LogP contribution is -2.60. The molecule has 1 saturated heterocycles. The summed E-state index contributed by atoms with van der Waals surface area (Å²) in [5.41, 5.74) is 0. The standard InChI is InChI=1S/C13H21NO5/c1-5-18-12(16)9-7(3)14-8(4)10(11(9)15)13(17)19-6-2/h7-10,14H,5-6H2,1-4H3/t7-,8+,9-,10+. The van der Waals surface area contributed by atoms with Crippen molar-refractivity contribution in [1.29, 1.82) is 0 Å². The van der Waals surface area contributed by atoms with Gasteiger partial charge in [-0.3, -0.25) is 14.4 Å². The summed E-state index contributed by atoms with van der Waals surface area (Å²) in [6.45, 7) is 7.22. The predicted octanol–water partition coefficient (Wildman–Crippen LogP) is 0.294. The van der Waals surface area contributed by atoms with Crippen LogP contribution in [0.4, 0.5) is 0 Å². The van der Waals surface area contributed by atoms with Gasteiger partial charge in [0.15, 0.2) is 5.78 Å². The molecule has 1 fully saturated rings. The minimum atomic E-state index is -0.953. The molecule has 0 amide bonds. The highest BCUT2D eigenvalue weighted by Crippen LogP contribution is 2.24. The molecule has 6 heteroatoms. The van der Waals surface area contributed by atoms with Crippen molar-refractivity contribution in [2.24, 2.45) is 11.8 Å². The van der Waals surface area contributed by atoms with Crippen molar-refractivity contribution in [3.05, 3.63) is 0 Å². The SMILES string of the molecule is CCOC(=O)[C@@H]1C(=O)[C@H](C(=O)OCC)[C@@H](C)N[C@H]1C. The van der Waals surface area contributed by atoms with Crippen molar-refractivity contribution < 1.29 is 23.9 Å². The van der Waals surface area contributed by atoms with Crippen LogP contribution in [0.15, 0.2) is 0 Å². The number of ether oxygens (including phenoxy) is 2. The van der Waals surface area contributed by atoms with Gasteiger partial charge in [-0.2, -0.15) is 0 Å². The van der Waals surface area contributed by atoms with E-state index in [1.54, 1.807) is 27.7 Å². The van der Waals surface area contributed by atoms with Gasteiger partial charge in [0.25, 0.3) is 0 Å². The molecular weight excluding hydrogens is 250 g/mol. The van der Waals surface area contributed by atoms with Crippen molar-refractivity contribution in [3.8, 4) is 0 Å². The Balaban J connectivity index is 2.92. The van der Waals surface area contributed by atoms with Crippen LogP contribution in [-0.2, 0) is 23.9 Å². The molecule has 1 aliphatic heterocycles. The highest BCUT2D eigenvalue weighted by molar-refractivity contribution is 6.10. The van der Waals surface area contributed by atoms with Gasteiger partial charge >= 0.3 is 11.9 Å². The minimum absolute atomic E-state index is 0.203.